The zero-order chi connectivity index (χ0) is 19.1. The molecule has 3 heterocycles. The number of amides is 1. The Labute approximate surface area is 179 Å². The number of carbonyl (C=O) groups is 1. The van der Waals surface area contributed by atoms with Gasteiger partial charge in [-0.2, -0.15) is 5.10 Å². The summed E-state index contributed by atoms with van der Waals surface area (Å²) in [6, 6.07) is 8.47. The summed E-state index contributed by atoms with van der Waals surface area (Å²) in [4.78, 5) is 15.6. The number of nitrogens with zero attached hydrogens (tertiary/aromatic N) is 3. The van der Waals surface area contributed by atoms with Crippen LogP contribution in [0.1, 0.15) is 53.0 Å². The largest absolute Gasteiger partial charge is 0.337 e. The van der Waals surface area contributed by atoms with Crippen LogP contribution in [0, 0.1) is 18.8 Å². The van der Waals surface area contributed by atoms with Crippen molar-refractivity contribution < 1.29 is 4.79 Å². The predicted octanol–water partition coefficient (Wildman–Crippen LogP) is 3.55. The molecule has 29 heavy (non-hydrogen) atoms. The topological polar surface area (TPSA) is 50.2 Å². The number of hydrogen-bond donors (Lipinski definition) is 1. The fraction of sp³-hybridized carbons (Fsp3) is 0.565. The molecule has 2 saturated heterocycles. The van der Waals surface area contributed by atoms with Crippen LogP contribution >= 0.6 is 12.4 Å². The second-order valence-electron chi connectivity index (χ2n) is 8.78. The van der Waals surface area contributed by atoms with Crippen LogP contribution in [0.5, 0.6) is 0 Å². The molecule has 5 rings (SSSR count). The van der Waals surface area contributed by atoms with E-state index in [1.807, 2.05) is 4.68 Å². The minimum atomic E-state index is 0. The summed E-state index contributed by atoms with van der Waals surface area (Å²) in [6.45, 7) is 6.07. The molecule has 0 spiro atoms. The Balaban J connectivity index is 0.00000205. The van der Waals surface area contributed by atoms with E-state index < -0.39 is 0 Å². The van der Waals surface area contributed by atoms with Crippen molar-refractivity contribution in [1.82, 2.24) is 20.0 Å². The molecule has 3 aliphatic rings. The SMILES string of the molecule is Cc1ccc(-n2nc(C(=O)N3CC[C@@H]4CNC[C@@H]4CC3)c3c2CCCC3)cc1.Cl. The molecule has 0 bridgehead atoms. The summed E-state index contributed by atoms with van der Waals surface area (Å²) in [5.74, 6) is 1.62. The zero-order valence-corrected chi connectivity index (χ0v) is 18.0. The van der Waals surface area contributed by atoms with E-state index in [9.17, 15) is 4.79 Å². The number of benzene rings is 1. The van der Waals surface area contributed by atoms with E-state index in [1.165, 1.54) is 23.2 Å². The fourth-order valence-corrected chi connectivity index (χ4v) is 5.24. The van der Waals surface area contributed by atoms with E-state index in [0.29, 0.717) is 5.69 Å². The highest BCUT2D eigenvalue weighted by atomic mass is 35.5. The third-order valence-electron chi connectivity index (χ3n) is 6.97. The van der Waals surface area contributed by atoms with E-state index in [4.69, 9.17) is 5.10 Å². The highest BCUT2D eigenvalue weighted by Crippen LogP contribution is 2.30. The van der Waals surface area contributed by atoms with Gasteiger partial charge in [0, 0.05) is 24.3 Å². The Morgan fingerprint density at radius 1 is 1.03 bits per heavy atom. The van der Waals surface area contributed by atoms with Crippen LogP contribution in [0.25, 0.3) is 5.69 Å². The van der Waals surface area contributed by atoms with Gasteiger partial charge in [-0.3, -0.25) is 4.79 Å². The number of likely N-dealkylation sites (tertiary alicyclic amines) is 1. The maximum absolute atomic E-state index is 13.5. The molecular weight excluding hydrogens is 384 g/mol. The predicted molar refractivity (Wildman–Crippen MR) is 117 cm³/mol. The number of hydrogen-bond acceptors (Lipinski definition) is 3. The Kier molecular flexibility index (Phi) is 5.98. The number of halogens is 1. The average molecular weight is 415 g/mol. The van der Waals surface area contributed by atoms with Gasteiger partial charge in [-0.25, -0.2) is 4.68 Å². The molecule has 2 aromatic rings. The maximum atomic E-state index is 13.5. The number of fused-ring (bicyclic) bond motifs is 2. The quantitative estimate of drug-likeness (QED) is 0.817. The lowest BCUT2D eigenvalue weighted by molar-refractivity contribution is 0.0751. The van der Waals surface area contributed by atoms with Crippen LogP contribution in [-0.4, -0.2) is 46.8 Å². The second kappa shape index (κ2) is 8.49. The van der Waals surface area contributed by atoms with Crippen molar-refractivity contribution in [3.8, 4) is 5.69 Å². The molecule has 2 aliphatic heterocycles. The number of aromatic nitrogens is 2. The van der Waals surface area contributed by atoms with E-state index >= 15 is 0 Å². The van der Waals surface area contributed by atoms with Crippen LogP contribution in [0.2, 0.25) is 0 Å². The van der Waals surface area contributed by atoms with E-state index in [-0.39, 0.29) is 18.3 Å². The molecule has 1 aliphatic carbocycles. The van der Waals surface area contributed by atoms with Crippen molar-refractivity contribution in [3.05, 3.63) is 46.8 Å². The molecule has 0 unspecified atom stereocenters. The molecule has 1 N–H and O–H groups in total. The molecule has 0 radical (unpaired) electrons. The summed E-state index contributed by atoms with van der Waals surface area (Å²) >= 11 is 0. The summed E-state index contributed by atoms with van der Waals surface area (Å²) < 4.78 is 2.04. The van der Waals surface area contributed by atoms with Gasteiger partial charge in [-0.05, 0) is 82.5 Å². The van der Waals surface area contributed by atoms with Crippen LogP contribution in [-0.2, 0) is 12.8 Å². The Hall–Kier alpha value is -1.85. The summed E-state index contributed by atoms with van der Waals surface area (Å²) in [7, 11) is 0. The molecule has 1 amide bonds. The molecule has 1 aromatic heterocycles. The normalized spacial score (nSPS) is 23.7. The highest BCUT2D eigenvalue weighted by Gasteiger charge is 2.34. The lowest BCUT2D eigenvalue weighted by Gasteiger charge is -2.21. The summed E-state index contributed by atoms with van der Waals surface area (Å²) in [6.07, 6.45) is 6.56. The van der Waals surface area contributed by atoms with E-state index in [0.717, 1.165) is 75.8 Å². The first kappa shape index (κ1) is 20.4. The molecule has 5 nitrogen and oxygen atoms in total. The molecule has 2 fully saturated rings. The number of rotatable bonds is 2. The third kappa shape index (κ3) is 3.82. The van der Waals surface area contributed by atoms with E-state index in [1.54, 1.807) is 0 Å². The molecule has 0 saturated carbocycles. The van der Waals surface area contributed by atoms with Gasteiger partial charge in [0.15, 0.2) is 5.69 Å². The van der Waals surface area contributed by atoms with Crippen molar-refractivity contribution in [3.63, 3.8) is 0 Å². The minimum Gasteiger partial charge on any atom is -0.337 e. The van der Waals surface area contributed by atoms with Gasteiger partial charge in [0.25, 0.3) is 5.91 Å². The van der Waals surface area contributed by atoms with Gasteiger partial charge in [0.2, 0.25) is 0 Å². The Morgan fingerprint density at radius 2 is 1.69 bits per heavy atom. The summed E-state index contributed by atoms with van der Waals surface area (Å²) in [5, 5.41) is 8.40. The average Bonchev–Trinajstić information content (AvgIpc) is 3.28. The standard InChI is InChI=1S/C23H30N4O.ClH/c1-16-6-8-19(9-7-16)27-21-5-3-2-4-20(21)22(25-27)23(28)26-12-10-17-14-24-15-18(17)11-13-26;/h6-9,17-18,24H,2-5,10-15H2,1H3;1H/t17-,18+;. The fourth-order valence-electron chi connectivity index (χ4n) is 5.24. The van der Waals surface area contributed by atoms with Crippen molar-refractivity contribution in [2.24, 2.45) is 11.8 Å². The first-order valence-corrected chi connectivity index (χ1v) is 10.9. The van der Waals surface area contributed by atoms with Crippen LogP contribution < -0.4 is 5.32 Å². The van der Waals surface area contributed by atoms with Crippen molar-refractivity contribution in [2.75, 3.05) is 26.2 Å². The number of carbonyl (C=O) groups excluding carboxylic acids is 1. The third-order valence-corrected chi connectivity index (χ3v) is 6.97. The molecule has 6 heteroatoms. The van der Waals surface area contributed by atoms with Crippen LogP contribution in [0.4, 0.5) is 0 Å². The van der Waals surface area contributed by atoms with Crippen molar-refractivity contribution >= 4 is 18.3 Å². The maximum Gasteiger partial charge on any atom is 0.274 e. The van der Waals surface area contributed by atoms with Gasteiger partial charge in [0.05, 0.1) is 5.69 Å². The first-order chi connectivity index (χ1) is 13.7. The van der Waals surface area contributed by atoms with Crippen LogP contribution in [0.3, 0.4) is 0 Å². The summed E-state index contributed by atoms with van der Waals surface area (Å²) in [5.41, 5.74) is 5.46. The molecule has 1 aromatic carbocycles. The lowest BCUT2D eigenvalue weighted by Crippen LogP contribution is -2.33. The Bertz CT molecular complexity index is 862. The van der Waals surface area contributed by atoms with Gasteiger partial charge in [0.1, 0.15) is 0 Å². The van der Waals surface area contributed by atoms with Gasteiger partial charge in [-0.1, -0.05) is 17.7 Å². The van der Waals surface area contributed by atoms with Crippen molar-refractivity contribution in [1.29, 1.82) is 0 Å². The zero-order valence-electron chi connectivity index (χ0n) is 17.2. The van der Waals surface area contributed by atoms with Crippen LogP contribution in [0.15, 0.2) is 24.3 Å². The smallest absolute Gasteiger partial charge is 0.274 e. The first-order valence-electron chi connectivity index (χ1n) is 10.9. The monoisotopic (exact) mass is 414 g/mol. The number of nitrogens with one attached hydrogen (secondary N) is 1. The minimum absolute atomic E-state index is 0. The number of aryl methyl sites for hydroxylation is 1. The highest BCUT2D eigenvalue weighted by molar-refractivity contribution is 5.94. The second-order valence-corrected chi connectivity index (χ2v) is 8.78. The van der Waals surface area contributed by atoms with Gasteiger partial charge in [-0.15, -0.1) is 12.4 Å². The van der Waals surface area contributed by atoms with Crippen molar-refractivity contribution in [2.45, 2.75) is 45.4 Å². The van der Waals surface area contributed by atoms with Gasteiger partial charge < -0.3 is 10.2 Å². The lowest BCUT2D eigenvalue weighted by atomic mass is 9.92. The Morgan fingerprint density at radius 3 is 2.38 bits per heavy atom. The molecule has 2 atom stereocenters. The van der Waals surface area contributed by atoms with E-state index in [2.05, 4.69) is 41.4 Å². The molecule has 156 valence electrons. The van der Waals surface area contributed by atoms with Gasteiger partial charge >= 0.3 is 0 Å². The molecular formula is C23H31ClN4O.